The van der Waals surface area contributed by atoms with Crippen molar-refractivity contribution in [3.8, 4) is 0 Å². The smallest absolute Gasteiger partial charge is 0.162 e. The summed E-state index contributed by atoms with van der Waals surface area (Å²) in [5.74, 6) is 2.46. The molecule has 4 nitrogen and oxygen atoms in total. The number of hydrogen-bond donors (Lipinski definition) is 0. The van der Waals surface area contributed by atoms with Crippen molar-refractivity contribution in [2.24, 2.45) is 0 Å². The van der Waals surface area contributed by atoms with Crippen molar-refractivity contribution >= 4 is 22.9 Å². The molecule has 2 atom stereocenters. The van der Waals surface area contributed by atoms with Crippen LogP contribution < -0.4 is 0 Å². The number of pyridine rings is 1. The molecule has 2 aromatic rings. The molecule has 2 aliphatic heterocycles. The second-order valence-electron chi connectivity index (χ2n) is 6.26. The number of ether oxygens (including phenoxy) is 1. The predicted molar refractivity (Wildman–Crippen MR) is 90.2 cm³/mol. The summed E-state index contributed by atoms with van der Waals surface area (Å²) in [7, 11) is 0. The van der Waals surface area contributed by atoms with E-state index in [0.29, 0.717) is 5.25 Å². The molecule has 2 saturated heterocycles. The zero-order chi connectivity index (χ0) is 14.8. The monoisotopic (exact) mass is 317 g/mol. The van der Waals surface area contributed by atoms with Gasteiger partial charge in [0, 0.05) is 24.5 Å². The van der Waals surface area contributed by atoms with E-state index >= 15 is 0 Å². The van der Waals surface area contributed by atoms with Gasteiger partial charge in [0.25, 0.3) is 0 Å². The Morgan fingerprint density at radius 2 is 2.18 bits per heavy atom. The van der Waals surface area contributed by atoms with Gasteiger partial charge < -0.3 is 4.74 Å². The highest BCUT2D eigenvalue weighted by Crippen LogP contribution is 2.32. The largest absolute Gasteiger partial charge is 0.358 e. The number of fused-ring (bicyclic) bond motifs is 1. The Bertz CT molecular complexity index is 630. The van der Waals surface area contributed by atoms with Crippen molar-refractivity contribution in [3.05, 3.63) is 24.2 Å². The molecule has 0 radical (unpaired) electrons. The SMILES string of the molecule is c1cnc2c(c1)nc(CC1CCCCS1)n2C1CCCCO1. The van der Waals surface area contributed by atoms with Gasteiger partial charge in [0.05, 0.1) is 0 Å². The summed E-state index contributed by atoms with van der Waals surface area (Å²) in [6, 6.07) is 4.04. The Labute approximate surface area is 135 Å². The lowest BCUT2D eigenvalue weighted by Crippen LogP contribution is -2.23. The molecule has 118 valence electrons. The summed E-state index contributed by atoms with van der Waals surface area (Å²) in [5.41, 5.74) is 2.00. The number of imidazole rings is 1. The van der Waals surface area contributed by atoms with Crippen LogP contribution in [0.3, 0.4) is 0 Å². The first-order valence-electron chi connectivity index (χ1n) is 8.47. The van der Waals surface area contributed by atoms with E-state index in [1.165, 1.54) is 43.7 Å². The van der Waals surface area contributed by atoms with Crippen molar-refractivity contribution < 1.29 is 4.74 Å². The maximum Gasteiger partial charge on any atom is 0.162 e. The van der Waals surface area contributed by atoms with Gasteiger partial charge in [-0.15, -0.1) is 0 Å². The molecule has 0 N–H and O–H groups in total. The number of aromatic nitrogens is 3. The summed E-state index contributed by atoms with van der Waals surface area (Å²) in [4.78, 5) is 9.47. The molecule has 0 aliphatic carbocycles. The summed E-state index contributed by atoms with van der Waals surface area (Å²) < 4.78 is 8.32. The third kappa shape index (κ3) is 2.88. The van der Waals surface area contributed by atoms with Crippen LogP contribution in [0.25, 0.3) is 11.2 Å². The van der Waals surface area contributed by atoms with Crippen molar-refractivity contribution in [1.29, 1.82) is 0 Å². The highest BCUT2D eigenvalue weighted by atomic mass is 32.2. The molecule has 0 bridgehead atoms. The molecule has 0 amide bonds. The fourth-order valence-electron chi connectivity index (χ4n) is 3.52. The van der Waals surface area contributed by atoms with Gasteiger partial charge in [-0.25, -0.2) is 9.97 Å². The van der Waals surface area contributed by atoms with E-state index in [-0.39, 0.29) is 6.23 Å². The summed E-state index contributed by atoms with van der Waals surface area (Å²) >= 11 is 2.11. The van der Waals surface area contributed by atoms with Crippen molar-refractivity contribution in [2.45, 2.75) is 56.4 Å². The molecule has 5 heteroatoms. The molecule has 0 spiro atoms. The number of nitrogens with zero attached hydrogens (tertiary/aromatic N) is 3. The maximum atomic E-state index is 6.04. The van der Waals surface area contributed by atoms with Gasteiger partial charge >= 0.3 is 0 Å². The van der Waals surface area contributed by atoms with Crippen molar-refractivity contribution in [2.75, 3.05) is 12.4 Å². The van der Waals surface area contributed by atoms with E-state index in [9.17, 15) is 0 Å². The standard InChI is InChI=1S/C17H23N3OS/c1-3-10-21-16(8-1)20-15(12-13-6-2-4-11-22-13)19-14-7-5-9-18-17(14)20/h5,7,9,13,16H,1-4,6,8,10-12H2. The van der Waals surface area contributed by atoms with E-state index in [1.54, 1.807) is 0 Å². The van der Waals surface area contributed by atoms with Gasteiger partial charge in [-0.1, -0.05) is 6.42 Å². The second kappa shape index (κ2) is 6.59. The Balaban J connectivity index is 1.68. The van der Waals surface area contributed by atoms with E-state index in [0.717, 1.165) is 30.6 Å². The number of hydrogen-bond acceptors (Lipinski definition) is 4. The number of thioether (sulfide) groups is 1. The summed E-state index contributed by atoms with van der Waals surface area (Å²) in [6.07, 6.45) is 10.5. The molecule has 0 aromatic carbocycles. The summed E-state index contributed by atoms with van der Waals surface area (Å²) in [5, 5.41) is 0.702. The zero-order valence-corrected chi connectivity index (χ0v) is 13.7. The minimum absolute atomic E-state index is 0.122. The maximum absolute atomic E-state index is 6.04. The fraction of sp³-hybridized carbons (Fsp3) is 0.647. The van der Waals surface area contributed by atoms with E-state index < -0.39 is 0 Å². The first kappa shape index (κ1) is 14.5. The van der Waals surface area contributed by atoms with Crippen molar-refractivity contribution in [3.63, 3.8) is 0 Å². The summed E-state index contributed by atoms with van der Waals surface area (Å²) in [6.45, 7) is 0.856. The topological polar surface area (TPSA) is 39.9 Å². The molecular weight excluding hydrogens is 294 g/mol. The average Bonchev–Trinajstić information content (AvgIpc) is 2.94. The van der Waals surface area contributed by atoms with Gasteiger partial charge in [-0.3, -0.25) is 4.57 Å². The normalized spacial score (nSPS) is 26.4. The van der Waals surface area contributed by atoms with Crippen LogP contribution in [0, 0.1) is 0 Å². The lowest BCUT2D eigenvalue weighted by atomic mass is 10.1. The molecular formula is C17H23N3OS. The average molecular weight is 317 g/mol. The molecule has 4 heterocycles. The molecule has 2 unspecified atom stereocenters. The molecule has 2 aromatic heterocycles. The molecule has 2 fully saturated rings. The predicted octanol–water partition coefficient (Wildman–Crippen LogP) is 3.96. The van der Waals surface area contributed by atoms with Crippen molar-refractivity contribution in [1.82, 2.24) is 14.5 Å². The zero-order valence-electron chi connectivity index (χ0n) is 12.9. The Hall–Kier alpha value is -1.07. The molecule has 4 rings (SSSR count). The first-order chi connectivity index (χ1) is 10.9. The van der Waals surface area contributed by atoms with Crippen LogP contribution in [0.1, 0.15) is 50.6 Å². The van der Waals surface area contributed by atoms with Crippen LogP contribution in [0.5, 0.6) is 0 Å². The Morgan fingerprint density at radius 1 is 1.23 bits per heavy atom. The fourth-order valence-corrected chi connectivity index (χ4v) is 4.83. The van der Waals surface area contributed by atoms with Gasteiger partial charge in [0.2, 0.25) is 0 Å². The van der Waals surface area contributed by atoms with Crippen LogP contribution >= 0.6 is 11.8 Å². The Morgan fingerprint density at radius 3 is 3.00 bits per heavy atom. The van der Waals surface area contributed by atoms with E-state index in [1.807, 2.05) is 12.3 Å². The first-order valence-corrected chi connectivity index (χ1v) is 9.52. The van der Waals surface area contributed by atoms with Crippen LogP contribution in [0.2, 0.25) is 0 Å². The van der Waals surface area contributed by atoms with Gasteiger partial charge in [-0.05, 0) is 50.0 Å². The van der Waals surface area contributed by atoms with E-state index in [2.05, 4.69) is 27.4 Å². The molecule has 22 heavy (non-hydrogen) atoms. The van der Waals surface area contributed by atoms with Gasteiger partial charge in [-0.2, -0.15) is 11.8 Å². The Kier molecular flexibility index (Phi) is 4.35. The van der Waals surface area contributed by atoms with E-state index in [4.69, 9.17) is 9.72 Å². The van der Waals surface area contributed by atoms with Crippen LogP contribution in [0.4, 0.5) is 0 Å². The minimum Gasteiger partial charge on any atom is -0.358 e. The highest BCUT2D eigenvalue weighted by Gasteiger charge is 2.25. The van der Waals surface area contributed by atoms with Crippen LogP contribution in [0.15, 0.2) is 18.3 Å². The highest BCUT2D eigenvalue weighted by molar-refractivity contribution is 7.99. The lowest BCUT2D eigenvalue weighted by molar-refractivity contribution is -0.0313. The molecule has 0 saturated carbocycles. The third-order valence-electron chi connectivity index (χ3n) is 4.65. The second-order valence-corrected chi connectivity index (χ2v) is 7.67. The van der Waals surface area contributed by atoms with Gasteiger partial charge in [0.15, 0.2) is 5.65 Å². The quantitative estimate of drug-likeness (QED) is 0.859. The lowest BCUT2D eigenvalue weighted by Gasteiger charge is -2.27. The minimum atomic E-state index is 0.122. The van der Waals surface area contributed by atoms with Crippen LogP contribution in [-0.4, -0.2) is 32.1 Å². The van der Waals surface area contributed by atoms with Crippen LogP contribution in [-0.2, 0) is 11.2 Å². The van der Waals surface area contributed by atoms with Gasteiger partial charge in [0.1, 0.15) is 17.6 Å². The molecule has 2 aliphatic rings. The number of rotatable bonds is 3. The third-order valence-corrected chi connectivity index (χ3v) is 6.05.